The molecule has 18 heavy (non-hydrogen) atoms. The lowest BCUT2D eigenvalue weighted by atomic mass is 9.83. The Kier molecular flexibility index (Phi) is 5.97. The van der Waals surface area contributed by atoms with Crippen LogP contribution in [0.1, 0.15) is 64.7 Å². The van der Waals surface area contributed by atoms with E-state index < -0.39 is 0 Å². The first-order valence-electron chi connectivity index (χ1n) is 8.26. The molecule has 0 aromatic heterocycles. The normalized spacial score (nSPS) is 24.5. The predicted octanol–water partition coefficient (Wildman–Crippen LogP) is 3.33. The van der Waals surface area contributed by atoms with Gasteiger partial charge in [0.1, 0.15) is 0 Å². The molecule has 0 radical (unpaired) electrons. The first-order chi connectivity index (χ1) is 8.85. The molecule has 1 heterocycles. The van der Waals surface area contributed by atoms with Crippen LogP contribution in [0.15, 0.2) is 0 Å². The summed E-state index contributed by atoms with van der Waals surface area (Å²) in [6.45, 7) is 7.39. The van der Waals surface area contributed by atoms with Gasteiger partial charge in [-0.3, -0.25) is 0 Å². The maximum Gasteiger partial charge on any atom is 0.000770 e. The lowest BCUT2D eigenvalue weighted by Gasteiger charge is -2.28. The Morgan fingerprint density at radius 1 is 1.17 bits per heavy atom. The lowest BCUT2D eigenvalue weighted by Crippen LogP contribution is -2.32. The van der Waals surface area contributed by atoms with Crippen molar-refractivity contribution >= 4 is 0 Å². The van der Waals surface area contributed by atoms with E-state index in [0.717, 1.165) is 5.92 Å². The van der Waals surface area contributed by atoms with Crippen LogP contribution >= 0.6 is 0 Å². The number of nitrogens with one attached hydrogen (secondary N) is 2. The molecule has 0 amide bonds. The van der Waals surface area contributed by atoms with E-state index in [1.807, 2.05) is 0 Å². The van der Waals surface area contributed by atoms with Crippen molar-refractivity contribution in [3.05, 3.63) is 0 Å². The Bertz CT molecular complexity index is 215. The minimum atomic E-state index is 0.661. The highest BCUT2D eigenvalue weighted by atomic mass is 14.9. The van der Waals surface area contributed by atoms with E-state index >= 15 is 0 Å². The quantitative estimate of drug-likeness (QED) is 0.679. The summed E-state index contributed by atoms with van der Waals surface area (Å²) in [5.74, 6) is 1.000. The van der Waals surface area contributed by atoms with Crippen LogP contribution < -0.4 is 10.6 Å². The highest BCUT2D eigenvalue weighted by Gasteiger charge is 2.31. The third-order valence-electron chi connectivity index (χ3n) is 5.34. The predicted molar refractivity (Wildman–Crippen MR) is 78.9 cm³/mol. The van der Waals surface area contributed by atoms with Crippen molar-refractivity contribution in [1.29, 1.82) is 0 Å². The minimum absolute atomic E-state index is 0.661. The second-order valence-corrected chi connectivity index (χ2v) is 6.57. The molecule has 1 saturated heterocycles. The van der Waals surface area contributed by atoms with Gasteiger partial charge in [0.05, 0.1) is 0 Å². The van der Waals surface area contributed by atoms with Gasteiger partial charge in [0.15, 0.2) is 0 Å². The number of piperidine rings is 1. The van der Waals surface area contributed by atoms with E-state index in [-0.39, 0.29) is 0 Å². The van der Waals surface area contributed by atoms with Crippen LogP contribution in [0.3, 0.4) is 0 Å². The summed E-state index contributed by atoms with van der Waals surface area (Å²) >= 11 is 0. The van der Waals surface area contributed by atoms with Crippen LogP contribution in [0.4, 0.5) is 0 Å². The maximum atomic E-state index is 3.74. The molecule has 2 aliphatic rings. The third-order valence-corrected chi connectivity index (χ3v) is 5.34. The molecule has 0 atom stereocenters. The van der Waals surface area contributed by atoms with Gasteiger partial charge in [-0.2, -0.15) is 0 Å². The highest BCUT2D eigenvalue weighted by Crippen LogP contribution is 2.40. The summed E-state index contributed by atoms with van der Waals surface area (Å²) in [5.41, 5.74) is 0.661. The third kappa shape index (κ3) is 4.24. The van der Waals surface area contributed by atoms with Gasteiger partial charge >= 0.3 is 0 Å². The van der Waals surface area contributed by atoms with Crippen molar-refractivity contribution in [2.24, 2.45) is 11.3 Å². The van der Waals surface area contributed by atoms with Crippen molar-refractivity contribution in [3.8, 4) is 0 Å². The SMILES string of the molecule is CCC1(CNCCCC2CCNCC2)CCCC1. The van der Waals surface area contributed by atoms with Crippen LogP contribution in [-0.2, 0) is 0 Å². The largest absolute Gasteiger partial charge is 0.317 e. The second-order valence-electron chi connectivity index (χ2n) is 6.57. The average Bonchev–Trinajstić information content (AvgIpc) is 2.89. The van der Waals surface area contributed by atoms with Gasteiger partial charge in [0.2, 0.25) is 0 Å². The molecule has 1 saturated carbocycles. The second kappa shape index (κ2) is 7.49. The van der Waals surface area contributed by atoms with E-state index in [4.69, 9.17) is 0 Å². The van der Waals surface area contributed by atoms with Crippen molar-refractivity contribution in [2.45, 2.75) is 64.7 Å². The maximum absolute atomic E-state index is 3.74. The molecule has 2 rings (SSSR count). The zero-order valence-corrected chi connectivity index (χ0v) is 12.3. The summed E-state index contributed by atoms with van der Waals surface area (Å²) in [6.07, 6.45) is 12.8. The van der Waals surface area contributed by atoms with Gasteiger partial charge in [0, 0.05) is 6.54 Å². The van der Waals surface area contributed by atoms with Gasteiger partial charge < -0.3 is 10.6 Å². The standard InChI is InChI=1S/C16H32N2/c1-2-16(9-3-4-10-16)14-18-11-5-6-15-7-12-17-13-8-15/h15,17-18H,2-14H2,1H3. The van der Waals surface area contributed by atoms with Crippen LogP contribution in [-0.4, -0.2) is 26.2 Å². The molecule has 1 aliphatic carbocycles. The number of hydrogen-bond acceptors (Lipinski definition) is 2. The molecule has 2 fully saturated rings. The van der Waals surface area contributed by atoms with Crippen molar-refractivity contribution < 1.29 is 0 Å². The average molecular weight is 252 g/mol. The van der Waals surface area contributed by atoms with Gasteiger partial charge in [-0.05, 0) is 75.9 Å². The fraction of sp³-hybridized carbons (Fsp3) is 1.00. The van der Waals surface area contributed by atoms with E-state index in [9.17, 15) is 0 Å². The Labute approximate surface area is 113 Å². The molecule has 0 spiro atoms. The summed E-state index contributed by atoms with van der Waals surface area (Å²) in [7, 11) is 0. The molecular weight excluding hydrogens is 220 g/mol. The van der Waals surface area contributed by atoms with Crippen LogP contribution in [0, 0.1) is 11.3 Å². The Morgan fingerprint density at radius 3 is 2.56 bits per heavy atom. The summed E-state index contributed by atoms with van der Waals surface area (Å²) in [4.78, 5) is 0. The van der Waals surface area contributed by atoms with E-state index in [1.165, 1.54) is 84.0 Å². The van der Waals surface area contributed by atoms with Crippen LogP contribution in [0.5, 0.6) is 0 Å². The Balaban J connectivity index is 1.52. The zero-order chi connectivity index (χ0) is 12.7. The number of rotatable bonds is 7. The molecule has 2 N–H and O–H groups in total. The van der Waals surface area contributed by atoms with Crippen molar-refractivity contribution in [2.75, 3.05) is 26.2 Å². The summed E-state index contributed by atoms with van der Waals surface area (Å²) < 4.78 is 0. The molecule has 1 aliphatic heterocycles. The molecule has 0 bridgehead atoms. The topological polar surface area (TPSA) is 24.1 Å². The lowest BCUT2D eigenvalue weighted by molar-refractivity contribution is 0.265. The Morgan fingerprint density at radius 2 is 1.89 bits per heavy atom. The molecular formula is C16H32N2. The zero-order valence-electron chi connectivity index (χ0n) is 12.3. The monoisotopic (exact) mass is 252 g/mol. The number of hydrogen-bond donors (Lipinski definition) is 2. The van der Waals surface area contributed by atoms with E-state index in [1.54, 1.807) is 0 Å². The molecule has 0 unspecified atom stereocenters. The van der Waals surface area contributed by atoms with Gasteiger partial charge in [-0.15, -0.1) is 0 Å². The van der Waals surface area contributed by atoms with Crippen LogP contribution in [0.2, 0.25) is 0 Å². The Hall–Kier alpha value is -0.0800. The first-order valence-corrected chi connectivity index (χ1v) is 8.26. The minimum Gasteiger partial charge on any atom is -0.317 e. The summed E-state index contributed by atoms with van der Waals surface area (Å²) in [5, 5.41) is 7.19. The van der Waals surface area contributed by atoms with E-state index in [2.05, 4.69) is 17.6 Å². The van der Waals surface area contributed by atoms with Gasteiger partial charge in [0.25, 0.3) is 0 Å². The first kappa shape index (κ1) is 14.3. The molecule has 2 nitrogen and oxygen atoms in total. The van der Waals surface area contributed by atoms with Crippen LogP contribution in [0.25, 0.3) is 0 Å². The van der Waals surface area contributed by atoms with Crippen molar-refractivity contribution in [1.82, 2.24) is 10.6 Å². The fourth-order valence-corrected chi connectivity index (χ4v) is 3.82. The van der Waals surface area contributed by atoms with Crippen molar-refractivity contribution in [3.63, 3.8) is 0 Å². The summed E-state index contributed by atoms with van der Waals surface area (Å²) in [6, 6.07) is 0. The fourth-order valence-electron chi connectivity index (χ4n) is 3.82. The molecule has 2 heteroatoms. The molecule has 106 valence electrons. The smallest absolute Gasteiger partial charge is 0.000770 e. The molecule has 0 aromatic rings. The van der Waals surface area contributed by atoms with E-state index in [0.29, 0.717) is 5.41 Å². The van der Waals surface area contributed by atoms with Gasteiger partial charge in [-0.1, -0.05) is 19.8 Å². The highest BCUT2D eigenvalue weighted by molar-refractivity contribution is 4.85. The van der Waals surface area contributed by atoms with Gasteiger partial charge in [-0.25, -0.2) is 0 Å². The molecule has 0 aromatic carbocycles.